The lowest BCUT2D eigenvalue weighted by molar-refractivity contribution is -0.149. The second kappa shape index (κ2) is 12.3. The predicted octanol–water partition coefficient (Wildman–Crippen LogP) is 2.70. The smallest absolute Gasteiger partial charge is 0.310 e. The first-order valence-electron chi connectivity index (χ1n) is 10.1. The molecule has 0 amide bonds. The number of nitrogens with zero attached hydrogens (tertiary/aromatic N) is 2. The Morgan fingerprint density at radius 1 is 1.43 bits per heavy atom. The summed E-state index contributed by atoms with van der Waals surface area (Å²) in [7, 11) is 0. The molecule has 28 heavy (non-hydrogen) atoms. The zero-order valence-corrected chi connectivity index (χ0v) is 18.9. The third kappa shape index (κ3) is 6.95. The SMILES string of the molecule is CCOC(=O)C1CCCN(C(=NCC2CCOC2)NCCc2ccco2)C1.I. The Hall–Kier alpha value is -1.29. The molecular formula is C20H32IN3O4. The number of esters is 1. The fraction of sp³-hybridized carbons (Fsp3) is 0.700. The standard InChI is InChI=1S/C20H31N3O4.HI/c1-2-26-19(24)17-5-3-10-23(14-17)20(22-13-16-8-12-25-15-16)21-9-7-18-6-4-11-27-18;/h4,6,11,16-17H,2-3,5,7-10,12-15H2,1H3,(H,21,22);1H. The van der Waals surface area contributed by atoms with Gasteiger partial charge in [-0.2, -0.15) is 0 Å². The molecule has 1 aromatic rings. The topological polar surface area (TPSA) is 76.3 Å². The van der Waals surface area contributed by atoms with Gasteiger partial charge in [-0.05, 0) is 38.3 Å². The van der Waals surface area contributed by atoms with Crippen LogP contribution in [0.5, 0.6) is 0 Å². The molecule has 3 rings (SSSR count). The van der Waals surface area contributed by atoms with Crippen LogP contribution in [0.2, 0.25) is 0 Å². The van der Waals surface area contributed by atoms with Crippen molar-refractivity contribution in [3.05, 3.63) is 24.2 Å². The molecule has 3 heterocycles. The number of guanidine groups is 1. The van der Waals surface area contributed by atoms with Crippen LogP contribution < -0.4 is 5.32 Å². The number of rotatable bonds is 7. The summed E-state index contributed by atoms with van der Waals surface area (Å²) in [5.74, 6) is 2.14. The number of ether oxygens (including phenoxy) is 2. The molecule has 8 heteroatoms. The van der Waals surface area contributed by atoms with Crippen LogP contribution in [0.1, 0.15) is 31.9 Å². The number of piperidine rings is 1. The van der Waals surface area contributed by atoms with Gasteiger partial charge in [-0.15, -0.1) is 24.0 Å². The molecule has 0 radical (unpaired) electrons. The third-order valence-electron chi connectivity index (χ3n) is 5.10. The van der Waals surface area contributed by atoms with Gasteiger partial charge in [-0.1, -0.05) is 0 Å². The molecule has 2 aliphatic heterocycles. The van der Waals surface area contributed by atoms with E-state index in [4.69, 9.17) is 18.9 Å². The molecule has 7 nitrogen and oxygen atoms in total. The minimum atomic E-state index is -0.0960. The number of furan rings is 1. The highest BCUT2D eigenvalue weighted by atomic mass is 127. The zero-order chi connectivity index (χ0) is 18.9. The van der Waals surface area contributed by atoms with E-state index in [1.54, 1.807) is 6.26 Å². The maximum Gasteiger partial charge on any atom is 0.310 e. The summed E-state index contributed by atoms with van der Waals surface area (Å²) >= 11 is 0. The zero-order valence-electron chi connectivity index (χ0n) is 16.6. The minimum Gasteiger partial charge on any atom is -0.469 e. The molecule has 2 aliphatic rings. The maximum absolute atomic E-state index is 12.2. The molecule has 0 saturated carbocycles. The molecule has 2 saturated heterocycles. The van der Waals surface area contributed by atoms with E-state index in [1.807, 2.05) is 19.1 Å². The van der Waals surface area contributed by atoms with Crippen LogP contribution in [0.25, 0.3) is 0 Å². The number of carbonyl (C=O) groups excluding carboxylic acids is 1. The summed E-state index contributed by atoms with van der Waals surface area (Å²) in [4.78, 5) is 19.2. The van der Waals surface area contributed by atoms with Gasteiger partial charge >= 0.3 is 5.97 Å². The Kier molecular flexibility index (Phi) is 10.1. The summed E-state index contributed by atoms with van der Waals surface area (Å²) in [5.41, 5.74) is 0. The largest absolute Gasteiger partial charge is 0.469 e. The Morgan fingerprint density at radius 3 is 3.04 bits per heavy atom. The van der Waals surface area contributed by atoms with Crippen LogP contribution in [0, 0.1) is 11.8 Å². The Bertz CT molecular complexity index is 603. The number of likely N-dealkylation sites (tertiary alicyclic amines) is 1. The highest BCUT2D eigenvalue weighted by molar-refractivity contribution is 14.0. The van der Waals surface area contributed by atoms with Crippen LogP contribution in [0.15, 0.2) is 27.8 Å². The quantitative estimate of drug-likeness (QED) is 0.266. The molecule has 0 aliphatic carbocycles. The lowest BCUT2D eigenvalue weighted by atomic mass is 9.98. The molecule has 0 spiro atoms. The normalized spacial score (nSPS) is 22.6. The van der Waals surface area contributed by atoms with Crippen molar-refractivity contribution in [1.82, 2.24) is 10.2 Å². The van der Waals surface area contributed by atoms with Crippen LogP contribution in [0.3, 0.4) is 0 Å². The van der Waals surface area contributed by atoms with Crippen LogP contribution in [0.4, 0.5) is 0 Å². The van der Waals surface area contributed by atoms with Crippen molar-refractivity contribution >= 4 is 35.9 Å². The molecule has 0 aromatic carbocycles. The second-order valence-corrected chi connectivity index (χ2v) is 7.19. The predicted molar refractivity (Wildman–Crippen MR) is 118 cm³/mol. The molecule has 1 N–H and O–H groups in total. The molecule has 1 aromatic heterocycles. The molecule has 0 bridgehead atoms. The van der Waals surface area contributed by atoms with Crippen molar-refractivity contribution in [1.29, 1.82) is 0 Å². The monoisotopic (exact) mass is 505 g/mol. The van der Waals surface area contributed by atoms with Gasteiger partial charge < -0.3 is 24.1 Å². The number of hydrogen-bond donors (Lipinski definition) is 1. The number of nitrogens with one attached hydrogen (secondary N) is 1. The number of carbonyl (C=O) groups is 1. The van der Waals surface area contributed by atoms with Gasteiger partial charge in [-0.3, -0.25) is 9.79 Å². The first kappa shape index (κ1) is 23.0. The van der Waals surface area contributed by atoms with Crippen molar-refractivity contribution in [2.24, 2.45) is 16.8 Å². The van der Waals surface area contributed by atoms with Gasteiger partial charge in [0.25, 0.3) is 0 Å². The van der Waals surface area contributed by atoms with Crippen molar-refractivity contribution in [2.45, 2.75) is 32.6 Å². The number of halogens is 1. The fourth-order valence-electron chi connectivity index (χ4n) is 3.58. The van der Waals surface area contributed by atoms with E-state index >= 15 is 0 Å². The number of aliphatic imine (C=N–C) groups is 1. The van der Waals surface area contributed by atoms with E-state index < -0.39 is 0 Å². The van der Waals surface area contributed by atoms with Crippen LogP contribution >= 0.6 is 24.0 Å². The van der Waals surface area contributed by atoms with E-state index in [0.29, 0.717) is 19.1 Å². The van der Waals surface area contributed by atoms with Gasteiger partial charge in [0.1, 0.15) is 5.76 Å². The Balaban J connectivity index is 0.00000280. The van der Waals surface area contributed by atoms with Crippen molar-refractivity contribution in [2.75, 3.05) is 46.0 Å². The van der Waals surface area contributed by atoms with Crippen LogP contribution in [-0.2, 0) is 20.7 Å². The molecule has 2 unspecified atom stereocenters. The van der Waals surface area contributed by atoms with Gasteiger partial charge in [0.05, 0.1) is 25.4 Å². The van der Waals surface area contributed by atoms with E-state index in [2.05, 4.69) is 10.2 Å². The van der Waals surface area contributed by atoms with Crippen molar-refractivity contribution < 1.29 is 18.7 Å². The first-order valence-corrected chi connectivity index (χ1v) is 10.1. The van der Waals surface area contributed by atoms with E-state index in [0.717, 1.165) is 70.3 Å². The summed E-state index contributed by atoms with van der Waals surface area (Å²) in [5, 5.41) is 3.47. The second-order valence-electron chi connectivity index (χ2n) is 7.19. The lowest BCUT2D eigenvalue weighted by Crippen LogP contribution is -2.49. The van der Waals surface area contributed by atoms with Gasteiger partial charge in [-0.25, -0.2) is 0 Å². The maximum atomic E-state index is 12.2. The van der Waals surface area contributed by atoms with Gasteiger partial charge in [0, 0.05) is 45.1 Å². The molecule has 158 valence electrons. The highest BCUT2D eigenvalue weighted by Gasteiger charge is 2.28. The average molecular weight is 505 g/mol. The minimum absolute atomic E-state index is 0. The van der Waals surface area contributed by atoms with E-state index in [-0.39, 0.29) is 35.9 Å². The average Bonchev–Trinajstić information content (AvgIpc) is 3.39. The van der Waals surface area contributed by atoms with E-state index in [1.165, 1.54) is 0 Å². The van der Waals surface area contributed by atoms with Gasteiger partial charge in [0.2, 0.25) is 0 Å². The molecule has 2 atom stereocenters. The summed E-state index contributed by atoms with van der Waals surface area (Å²) in [6, 6.07) is 3.88. The van der Waals surface area contributed by atoms with Crippen molar-refractivity contribution in [3.8, 4) is 0 Å². The molecule has 2 fully saturated rings. The van der Waals surface area contributed by atoms with Crippen LogP contribution in [-0.4, -0.2) is 62.8 Å². The lowest BCUT2D eigenvalue weighted by Gasteiger charge is -2.34. The summed E-state index contributed by atoms with van der Waals surface area (Å²) < 4.78 is 16.1. The first-order chi connectivity index (χ1) is 13.3. The molecular weight excluding hydrogens is 473 g/mol. The Morgan fingerprint density at radius 2 is 2.32 bits per heavy atom. The summed E-state index contributed by atoms with van der Waals surface area (Å²) in [6.07, 6.45) is 5.40. The van der Waals surface area contributed by atoms with Crippen molar-refractivity contribution in [3.63, 3.8) is 0 Å². The third-order valence-corrected chi connectivity index (χ3v) is 5.10. The van der Waals surface area contributed by atoms with E-state index in [9.17, 15) is 4.79 Å². The fourth-order valence-corrected chi connectivity index (χ4v) is 3.58. The Labute approximate surface area is 184 Å². The van der Waals surface area contributed by atoms with Gasteiger partial charge in [0.15, 0.2) is 5.96 Å². The summed E-state index contributed by atoms with van der Waals surface area (Å²) in [6.45, 7) is 6.96. The number of hydrogen-bond acceptors (Lipinski definition) is 5. The highest BCUT2D eigenvalue weighted by Crippen LogP contribution is 2.19.